The van der Waals surface area contributed by atoms with E-state index in [0.29, 0.717) is 0 Å². The maximum Gasteiger partial charge on any atom is 0.254 e. The van der Waals surface area contributed by atoms with E-state index >= 15 is 0 Å². The highest BCUT2D eigenvalue weighted by Crippen LogP contribution is 2.21. The van der Waals surface area contributed by atoms with Gasteiger partial charge in [0.05, 0.1) is 7.11 Å². The number of piperazine rings is 1. The third-order valence-electron chi connectivity index (χ3n) is 4.26. The first-order valence-corrected chi connectivity index (χ1v) is 7.78. The smallest absolute Gasteiger partial charge is 0.254 e. The van der Waals surface area contributed by atoms with E-state index in [4.69, 9.17) is 4.74 Å². The fourth-order valence-corrected chi connectivity index (χ4v) is 2.84. The summed E-state index contributed by atoms with van der Waals surface area (Å²) >= 11 is 0. The van der Waals surface area contributed by atoms with Crippen molar-refractivity contribution in [1.29, 1.82) is 0 Å². The Morgan fingerprint density at radius 1 is 1.09 bits per heavy atom. The molecule has 1 aromatic carbocycles. The number of ether oxygens (including phenoxy) is 1. The molecule has 0 bridgehead atoms. The highest BCUT2D eigenvalue weighted by molar-refractivity contribution is 5.95. The van der Waals surface area contributed by atoms with Gasteiger partial charge in [-0.1, -0.05) is 0 Å². The number of aromatic nitrogens is 1. The minimum Gasteiger partial charge on any atom is -0.497 e. The van der Waals surface area contributed by atoms with Gasteiger partial charge in [-0.05, 0) is 42.8 Å². The van der Waals surface area contributed by atoms with E-state index in [-0.39, 0.29) is 5.91 Å². The minimum absolute atomic E-state index is 0.0966. The van der Waals surface area contributed by atoms with Crippen LogP contribution in [-0.2, 0) is 0 Å². The predicted molar refractivity (Wildman–Crippen MR) is 90.1 cm³/mol. The number of benzene rings is 1. The molecular formula is C18H21N3O2. The molecule has 1 amide bonds. The number of amides is 1. The van der Waals surface area contributed by atoms with Gasteiger partial charge in [-0.3, -0.25) is 9.78 Å². The lowest BCUT2D eigenvalue weighted by Gasteiger charge is -2.36. The molecule has 5 heteroatoms. The third-order valence-corrected chi connectivity index (χ3v) is 4.26. The number of rotatable bonds is 3. The van der Waals surface area contributed by atoms with Gasteiger partial charge in [0.2, 0.25) is 0 Å². The van der Waals surface area contributed by atoms with Crippen LogP contribution >= 0.6 is 0 Å². The Balaban J connectivity index is 1.64. The zero-order chi connectivity index (χ0) is 16.2. The molecule has 0 N–H and O–H groups in total. The largest absolute Gasteiger partial charge is 0.497 e. The molecule has 0 unspecified atom stereocenters. The molecule has 0 spiro atoms. The van der Waals surface area contributed by atoms with E-state index in [9.17, 15) is 4.79 Å². The van der Waals surface area contributed by atoms with Gasteiger partial charge in [-0.2, -0.15) is 0 Å². The molecule has 2 aromatic rings. The van der Waals surface area contributed by atoms with Crippen LogP contribution in [0.4, 0.5) is 5.69 Å². The number of nitrogens with zero attached hydrogens (tertiary/aromatic N) is 3. The zero-order valence-electron chi connectivity index (χ0n) is 13.5. The monoisotopic (exact) mass is 311 g/mol. The quantitative estimate of drug-likeness (QED) is 0.873. The summed E-state index contributed by atoms with van der Waals surface area (Å²) in [7, 11) is 1.67. The first kappa shape index (κ1) is 15.3. The van der Waals surface area contributed by atoms with E-state index in [1.165, 1.54) is 0 Å². The molecule has 3 rings (SSSR count). The van der Waals surface area contributed by atoms with Crippen molar-refractivity contribution in [2.75, 3.05) is 38.2 Å². The van der Waals surface area contributed by atoms with Crippen LogP contribution in [0.15, 0.2) is 42.7 Å². The molecule has 0 saturated carbocycles. The molecule has 1 aliphatic heterocycles. The number of carbonyl (C=O) groups is 1. The van der Waals surface area contributed by atoms with Crippen LogP contribution in [0.1, 0.15) is 15.9 Å². The number of carbonyl (C=O) groups excluding carboxylic acids is 1. The van der Waals surface area contributed by atoms with Crippen LogP contribution in [0.5, 0.6) is 5.75 Å². The number of pyridine rings is 1. The molecule has 1 saturated heterocycles. The molecule has 1 aromatic heterocycles. The first-order chi connectivity index (χ1) is 11.2. The number of aryl methyl sites for hydroxylation is 1. The summed E-state index contributed by atoms with van der Waals surface area (Å²) in [6.07, 6.45) is 3.41. The highest BCUT2D eigenvalue weighted by atomic mass is 16.5. The van der Waals surface area contributed by atoms with Gasteiger partial charge in [0, 0.05) is 49.8 Å². The summed E-state index contributed by atoms with van der Waals surface area (Å²) in [4.78, 5) is 20.9. The minimum atomic E-state index is 0.0966. The Labute approximate surface area is 136 Å². The molecule has 1 aliphatic rings. The fraction of sp³-hybridized carbons (Fsp3) is 0.333. The van der Waals surface area contributed by atoms with E-state index in [2.05, 4.69) is 22.0 Å². The summed E-state index contributed by atoms with van der Waals surface area (Å²) in [6, 6.07) is 9.85. The number of anilines is 1. The molecule has 0 atom stereocenters. The SMILES string of the molecule is COc1ccc(N2CCN(C(=O)c3ccncc3C)CC2)cc1. The Bertz CT molecular complexity index is 677. The standard InChI is InChI=1S/C18H21N3O2/c1-14-13-19-8-7-17(14)18(22)21-11-9-20(10-12-21)15-3-5-16(23-2)6-4-15/h3-8,13H,9-12H2,1-2H3. The summed E-state index contributed by atoms with van der Waals surface area (Å²) in [5.41, 5.74) is 2.84. The van der Waals surface area contributed by atoms with Crippen molar-refractivity contribution in [2.45, 2.75) is 6.92 Å². The number of hydrogen-bond donors (Lipinski definition) is 0. The molecule has 2 heterocycles. The summed E-state index contributed by atoms with van der Waals surface area (Å²) in [5, 5.41) is 0. The average Bonchev–Trinajstić information content (AvgIpc) is 2.62. The number of hydrogen-bond acceptors (Lipinski definition) is 4. The number of methoxy groups -OCH3 is 1. The van der Waals surface area contributed by atoms with Crippen molar-refractivity contribution in [2.24, 2.45) is 0 Å². The predicted octanol–water partition coefficient (Wildman–Crippen LogP) is 2.36. The summed E-state index contributed by atoms with van der Waals surface area (Å²) < 4.78 is 5.19. The second-order valence-corrected chi connectivity index (χ2v) is 5.67. The van der Waals surface area contributed by atoms with Crippen LogP contribution in [0.2, 0.25) is 0 Å². The van der Waals surface area contributed by atoms with Crippen LogP contribution in [0, 0.1) is 6.92 Å². The highest BCUT2D eigenvalue weighted by Gasteiger charge is 2.23. The Kier molecular flexibility index (Phi) is 4.46. The summed E-state index contributed by atoms with van der Waals surface area (Å²) in [6.45, 7) is 5.05. The Morgan fingerprint density at radius 2 is 1.78 bits per heavy atom. The van der Waals surface area contributed by atoms with Crippen molar-refractivity contribution in [3.8, 4) is 5.75 Å². The molecular weight excluding hydrogens is 290 g/mol. The maximum absolute atomic E-state index is 12.6. The zero-order valence-corrected chi connectivity index (χ0v) is 13.5. The summed E-state index contributed by atoms with van der Waals surface area (Å²) in [5.74, 6) is 0.954. The van der Waals surface area contributed by atoms with Gasteiger partial charge < -0.3 is 14.5 Å². The van der Waals surface area contributed by atoms with Crippen LogP contribution in [0.3, 0.4) is 0 Å². The van der Waals surface area contributed by atoms with Crippen LogP contribution < -0.4 is 9.64 Å². The average molecular weight is 311 g/mol. The fourth-order valence-electron chi connectivity index (χ4n) is 2.84. The Morgan fingerprint density at radius 3 is 2.39 bits per heavy atom. The third kappa shape index (κ3) is 3.28. The van der Waals surface area contributed by atoms with Crippen molar-refractivity contribution in [3.05, 3.63) is 53.9 Å². The van der Waals surface area contributed by atoms with Crippen LogP contribution in [-0.4, -0.2) is 49.1 Å². The molecule has 23 heavy (non-hydrogen) atoms. The van der Waals surface area contributed by atoms with Gasteiger partial charge in [0.15, 0.2) is 0 Å². The van der Waals surface area contributed by atoms with E-state index < -0.39 is 0 Å². The van der Waals surface area contributed by atoms with Crippen molar-refractivity contribution < 1.29 is 9.53 Å². The van der Waals surface area contributed by atoms with E-state index in [0.717, 1.165) is 48.7 Å². The lowest BCUT2D eigenvalue weighted by molar-refractivity contribution is 0.0746. The normalized spacial score (nSPS) is 14.7. The first-order valence-electron chi connectivity index (χ1n) is 7.78. The van der Waals surface area contributed by atoms with E-state index in [1.807, 2.05) is 24.0 Å². The molecule has 120 valence electrons. The maximum atomic E-state index is 12.6. The van der Waals surface area contributed by atoms with Gasteiger partial charge in [0.25, 0.3) is 5.91 Å². The molecule has 5 nitrogen and oxygen atoms in total. The van der Waals surface area contributed by atoms with E-state index in [1.54, 1.807) is 25.6 Å². The Hall–Kier alpha value is -2.56. The lowest BCUT2D eigenvalue weighted by atomic mass is 10.1. The van der Waals surface area contributed by atoms with Gasteiger partial charge in [-0.15, -0.1) is 0 Å². The molecule has 0 radical (unpaired) electrons. The van der Waals surface area contributed by atoms with Crippen molar-refractivity contribution in [3.63, 3.8) is 0 Å². The van der Waals surface area contributed by atoms with Crippen molar-refractivity contribution in [1.82, 2.24) is 9.88 Å². The topological polar surface area (TPSA) is 45.7 Å². The van der Waals surface area contributed by atoms with Crippen LogP contribution in [0.25, 0.3) is 0 Å². The molecule has 0 aliphatic carbocycles. The second kappa shape index (κ2) is 6.69. The lowest BCUT2D eigenvalue weighted by Crippen LogP contribution is -2.48. The van der Waals surface area contributed by atoms with Crippen molar-refractivity contribution >= 4 is 11.6 Å². The van der Waals surface area contributed by atoms with Gasteiger partial charge in [-0.25, -0.2) is 0 Å². The van der Waals surface area contributed by atoms with Gasteiger partial charge >= 0.3 is 0 Å². The molecule has 1 fully saturated rings. The van der Waals surface area contributed by atoms with Gasteiger partial charge in [0.1, 0.15) is 5.75 Å². The second-order valence-electron chi connectivity index (χ2n) is 5.67.